The maximum Gasteiger partial charge on any atom is 0.151 e. The van der Waals surface area contributed by atoms with E-state index in [1.807, 2.05) is 13.8 Å². The summed E-state index contributed by atoms with van der Waals surface area (Å²) < 4.78 is 23.1. The van der Waals surface area contributed by atoms with Crippen molar-refractivity contribution in [2.45, 2.75) is 50.8 Å². The summed E-state index contributed by atoms with van der Waals surface area (Å²) in [4.78, 5) is 0. The van der Waals surface area contributed by atoms with Crippen LogP contribution in [-0.4, -0.2) is 32.5 Å². The van der Waals surface area contributed by atoms with Gasteiger partial charge < -0.3 is 5.32 Å². The van der Waals surface area contributed by atoms with Crippen molar-refractivity contribution in [3.05, 3.63) is 0 Å². The molecule has 3 nitrogen and oxygen atoms in total. The van der Waals surface area contributed by atoms with Crippen LogP contribution >= 0.6 is 0 Å². The molecule has 1 aliphatic carbocycles. The average molecular weight is 233 g/mol. The summed E-state index contributed by atoms with van der Waals surface area (Å²) >= 11 is 0. The molecule has 0 amide bonds. The number of sulfone groups is 1. The molecule has 4 heteroatoms. The van der Waals surface area contributed by atoms with E-state index in [1.165, 1.54) is 31.9 Å². The molecule has 2 atom stereocenters. The Kier molecular flexibility index (Phi) is 4.59. The highest BCUT2D eigenvalue weighted by molar-refractivity contribution is 7.91. The number of hydrogen-bond donors (Lipinski definition) is 1. The first-order valence-corrected chi connectivity index (χ1v) is 7.84. The maximum absolute atomic E-state index is 11.6. The molecule has 1 aliphatic rings. The lowest BCUT2D eigenvalue weighted by atomic mass is 9.95. The summed E-state index contributed by atoms with van der Waals surface area (Å²) in [6.07, 6.45) is 6.21. The molecule has 0 heterocycles. The minimum atomic E-state index is -2.92. The van der Waals surface area contributed by atoms with Crippen LogP contribution in [0.15, 0.2) is 0 Å². The summed E-state index contributed by atoms with van der Waals surface area (Å²) in [5, 5.41) is 3.09. The third-order valence-electron chi connectivity index (χ3n) is 3.53. The highest BCUT2D eigenvalue weighted by Crippen LogP contribution is 2.30. The van der Waals surface area contributed by atoms with Crippen LogP contribution in [0.3, 0.4) is 0 Å². The molecule has 1 rings (SSSR count). The summed E-state index contributed by atoms with van der Waals surface area (Å²) in [6, 6.07) is 0.146. The molecule has 90 valence electrons. The van der Waals surface area contributed by atoms with Gasteiger partial charge in [0.05, 0.1) is 5.25 Å². The molecule has 0 aromatic heterocycles. The van der Waals surface area contributed by atoms with Gasteiger partial charge in [-0.3, -0.25) is 0 Å². The lowest BCUT2D eigenvalue weighted by Crippen LogP contribution is -2.46. The fraction of sp³-hybridized carbons (Fsp3) is 1.00. The molecular weight excluding hydrogens is 210 g/mol. The lowest BCUT2D eigenvalue weighted by Gasteiger charge is -2.29. The van der Waals surface area contributed by atoms with Gasteiger partial charge in [-0.05, 0) is 32.2 Å². The quantitative estimate of drug-likeness (QED) is 0.784. The Morgan fingerprint density at radius 1 is 1.33 bits per heavy atom. The largest absolute Gasteiger partial charge is 0.313 e. The number of nitrogens with one attached hydrogen (secondary N) is 1. The second-order valence-electron chi connectivity index (χ2n) is 4.66. The van der Waals surface area contributed by atoms with Crippen molar-refractivity contribution in [2.75, 3.05) is 12.8 Å². The van der Waals surface area contributed by atoms with Crippen molar-refractivity contribution in [2.24, 2.45) is 5.92 Å². The van der Waals surface area contributed by atoms with Crippen LogP contribution in [0.1, 0.15) is 39.5 Å². The molecule has 15 heavy (non-hydrogen) atoms. The van der Waals surface area contributed by atoms with Gasteiger partial charge in [0, 0.05) is 12.3 Å². The third kappa shape index (κ3) is 3.45. The Balaban J connectivity index is 2.72. The standard InChI is InChI=1S/C11H23NO2S/c1-4-12-11(9(2)15(3,13)14)10-7-5-6-8-10/h9-12H,4-8H2,1-3H3. The van der Waals surface area contributed by atoms with E-state index >= 15 is 0 Å². The van der Waals surface area contributed by atoms with Gasteiger partial charge in [0.15, 0.2) is 9.84 Å². The van der Waals surface area contributed by atoms with Gasteiger partial charge in [-0.15, -0.1) is 0 Å². The molecular formula is C11H23NO2S. The second-order valence-corrected chi connectivity index (χ2v) is 7.07. The van der Waals surface area contributed by atoms with E-state index < -0.39 is 9.84 Å². The zero-order chi connectivity index (χ0) is 11.5. The van der Waals surface area contributed by atoms with E-state index in [0.29, 0.717) is 5.92 Å². The molecule has 0 aromatic carbocycles. The van der Waals surface area contributed by atoms with Gasteiger partial charge in [0.2, 0.25) is 0 Å². The van der Waals surface area contributed by atoms with Crippen LogP contribution in [0.4, 0.5) is 0 Å². The van der Waals surface area contributed by atoms with E-state index in [-0.39, 0.29) is 11.3 Å². The first-order valence-electron chi connectivity index (χ1n) is 5.89. The molecule has 0 spiro atoms. The van der Waals surface area contributed by atoms with Crippen LogP contribution in [-0.2, 0) is 9.84 Å². The summed E-state index contributed by atoms with van der Waals surface area (Å²) in [5.74, 6) is 0.551. The minimum absolute atomic E-state index is 0.146. The molecule has 1 fully saturated rings. The van der Waals surface area contributed by atoms with Crippen LogP contribution in [0.2, 0.25) is 0 Å². The third-order valence-corrected chi connectivity index (χ3v) is 5.17. The first-order chi connectivity index (χ1) is 6.96. The summed E-state index contributed by atoms with van der Waals surface area (Å²) in [6.45, 7) is 4.72. The fourth-order valence-corrected chi connectivity index (χ4v) is 3.39. The van der Waals surface area contributed by atoms with Crippen LogP contribution < -0.4 is 5.32 Å². The Bertz CT molecular complexity index is 281. The summed E-state index contributed by atoms with van der Waals surface area (Å²) in [7, 11) is -2.92. The zero-order valence-electron chi connectivity index (χ0n) is 9.99. The van der Waals surface area contributed by atoms with Crippen molar-refractivity contribution in [1.29, 1.82) is 0 Å². The van der Waals surface area contributed by atoms with Gasteiger partial charge >= 0.3 is 0 Å². The van der Waals surface area contributed by atoms with Gasteiger partial charge in [-0.1, -0.05) is 19.8 Å². The Hall–Kier alpha value is -0.0900. The van der Waals surface area contributed by atoms with E-state index in [1.54, 1.807) is 0 Å². The van der Waals surface area contributed by atoms with E-state index in [9.17, 15) is 8.42 Å². The predicted octanol–water partition coefficient (Wildman–Crippen LogP) is 1.59. The van der Waals surface area contributed by atoms with E-state index in [0.717, 1.165) is 6.54 Å². The molecule has 0 radical (unpaired) electrons. The Morgan fingerprint density at radius 3 is 2.27 bits per heavy atom. The molecule has 0 aliphatic heterocycles. The average Bonchev–Trinajstić information content (AvgIpc) is 2.64. The highest BCUT2D eigenvalue weighted by atomic mass is 32.2. The smallest absolute Gasteiger partial charge is 0.151 e. The summed E-state index contributed by atoms with van der Waals surface area (Å²) in [5.41, 5.74) is 0. The molecule has 2 unspecified atom stereocenters. The highest BCUT2D eigenvalue weighted by Gasteiger charge is 2.33. The van der Waals surface area contributed by atoms with E-state index in [2.05, 4.69) is 5.32 Å². The van der Waals surface area contributed by atoms with E-state index in [4.69, 9.17) is 0 Å². The van der Waals surface area contributed by atoms with Crippen molar-refractivity contribution < 1.29 is 8.42 Å². The normalized spacial score (nSPS) is 22.9. The molecule has 0 bridgehead atoms. The predicted molar refractivity (Wildman–Crippen MR) is 63.7 cm³/mol. The van der Waals surface area contributed by atoms with Crippen LogP contribution in [0, 0.1) is 5.92 Å². The van der Waals surface area contributed by atoms with Gasteiger partial charge in [0.1, 0.15) is 0 Å². The monoisotopic (exact) mass is 233 g/mol. The SMILES string of the molecule is CCNC(C1CCCC1)C(C)S(C)(=O)=O. The molecule has 0 saturated heterocycles. The Morgan fingerprint density at radius 2 is 1.87 bits per heavy atom. The van der Waals surface area contributed by atoms with Crippen molar-refractivity contribution in [3.8, 4) is 0 Å². The molecule has 1 saturated carbocycles. The van der Waals surface area contributed by atoms with Crippen LogP contribution in [0.5, 0.6) is 0 Å². The Labute approximate surface area is 93.6 Å². The molecule has 0 aromatic rings. The second kappa shape index (κ2) is 5.30. The van der Waals surface area contributed by atoms with Crippen molar-refractivity contribution in [1.82, 2.24) is 5.32 Å². The number of rotatable bonds is 5. The van der Waals surface area contributed by atoms with Gasteiger partial charge in [-0.2, -0.15) is 0 Å². The van der Waals surface area contributed by atoms with Gasteiger partial charge in [-0.25, -0.2) is 8.42 Å². The van der Waals surface area contributed by atoms with Crippen molar-refractivity contribution >= 4 is 9.84 Å². The number of hydrogen-bond acceptors (Lipinski definition) is 3. The molecule has 1 N–H and O–H groups in total. The zero-order valence-corrected chi connectivity index (χ0v) is 10.8. The van der Waals surface area contributed by atoms with Crippen molar-refractivity contribution in [3.63, 3.8) is 0 Å². The topological polar surface area (TPSA) is 46.2 Å². The minimum Gasteiger partial charge on any atom is -0.313 e. The lowest BCUT2D eigenvalue weighted by molar-refractivity contribution is 0.355. The maximum atomic E-state index is 11.6. The van der Waals surface area contributed by atoms with Gasteiger partial charge in [0.25, 0.3) is 0 Å². The van der Waals surface area contributed by atoms with Crippen LogP contribution in [0.25, 0.3) is 0 Å². The fourth-order valence-electron chi connectivity index (χ4n) is 2.53. The first kappa shape index (κ1) is 13.0.